The Balaban J connectivity index is 0.00000155. The van der Waals surface area contributed by atoms with Gasteiger partial charge in [0, 0.05) is 30.2 Å². The molecule has 1 aliphatic carbocycles. The zero-order chi connectivity index (χ0) is 22.3. The number of nitrogens with one attached hydrogen (secondary N) is 2. The molecule has 5 N–H and O–H groups in total. The largest absolute Gasteiger partial charge is 0.477 e. The molecule has 0 radical (unpaired) electrons. The average Bonchev–Trinajstić information content (AvgIpc) is 2.73. The third-order valence-corrected chi connectivity index (χ3v) is 4.94. The molecule has 0 saturated heterocycles. The van der Waals surface area contributed by atoms with Gasteiger partial charge in [0.05, 0.1) is 5.71 Å². The molecule has 0 bridgehead atoms. The molecule has 7 nitrogen and oxygen atoms in total. The van der Waals surface area contributed by atoms with Gasteiger partial charge in [0.25, 0.3) is 0 Å². The van der Waals surface area contributed by atoms with E-state index in [-0.39, 0.29) is 16.8 Å². The summed E-state index contributed by atoms with van der Waals surface area (Å²) in [5.74, 6) is -0.732. The Hall–Kier alpha value is -3.22. The van der Waals surface area contributed by atoms with Crippen molar-refractivity contribution in [3.63, 3.8) is 0 Å². The first-order valence-corrected chi connectivity index (χ1v) is 10.2. The van der Waals surface area contributed by atoms with Gasteiger partial charge < -0.3 is 16.2 Å². The Kier molecular flexibility index (Phi) is 7.69. The molecule has 0 spiro atoms. The minimum Gasteiger partial charge on any atom is -0.477 e. The second-order valence-corrected chi connectivity index (χ2v) is 7.87. The van der Waals surface area contributed by atoms with Crippen molar-refractivity contribution in [2.45, 2.75) is 53.5 Å². The first kappa shape index (κ1) is 23.1. The number of aromatic carboxylic acids is 1. The number of hydrogen-bond donors (Lipinski definition) is 4. The minimum absolute atomic E-state index is 0.105. The predicted molar refractivity (Wildman–Crippen MR) is 120 cm³/mol. The van der Waals surface area contributed by atoms with Gasteiger partial charge in [0.2, 0.25) is 0 Å². The SMILES string of the molecule is CC.CC1(C)CCC(C(=N)c2cc(NCc3cccnc3)nc(C(=O)O)c2)=C(N)C1. The zero-order valence-corrected chi connectivity index (χ0v) is 18.1. The number of anilines is 1. The Labute approximate surface area is 178 Å². The van der Waals surface area contributed by atoms with Crippen LogP contribution in [-0.4, -0.2) is 26.8 Å². The lowest BCUT2D eigenvalue weighted by molar-refractivity contribution is 0.0690. The number of carboxylic acid groups (broad SMARTS) is 1. The van der Waals surface area contributed by atoms with Crippen molar-refractivity contribution in [1.82, 2.24) is 9.97 Å². The first-order chi connectivity index (χ1) is 14.2. The summed E-state index contributed by atoms with van der Waals surface area (Å²) < 4.78 is 0. The second-order valence-electron chi connectivity index (χ2n) is 7.87. The molecular weight excluding hydrogens is 378 g/mol. The van der Waals surface area contributed by atoms with Crippen molar-refractivity contribution in [2.75, 3.05) is 5.32 Å². The van der Waals surface area contributed by atoms with E-state index in [4.69, 9.17) is 11.1 Å². The van der Waals surface area contributed by atoms with Gasteiger partial charge in [-0.1, -0.05) is 33.8 Å². The molecule has 2 heterocycles. The Bertz CT molecular complexity index is 936. The molecule has 3 rings (SSSR count). The molecule has 0 aromatic carbocycles. The summed E-state index contributed by atoms with van der Waals surface area (Å²) in [6.45, 7) is 8.78. The maximum Gasteiger partial charge on any atom is 0.354 e. The summed E-state index contributed by atoms with van der Waals surface area (Å²) >= 11 is 0. The summed E-state index contributed by atoms with van der Waals surface area (Å²) in [6, 6.07) is 6.88. The van der Waals surface area contributed by atoms with Gasteiger partial charge in [-0.05, 0) is 54.0 Å². The third kappa shape index (κ3) is 5.89. The van der Waals surface area contributed by atoms with E-state index in [0.717, 1.165) is 24.0 Å². The van der Waals surface area contributed by atoms with Crippen LogP contribution in [0.25, 0.3) is 0 Å². The summed E-state index contributed by atoms with van der Waals surface area (Å²) in [5.41, 5.74) is 9.47. The normalized spacial score (nSPS) is 15.1. The Morgan fingerprint density at radius 3 is 2.67 bits per heavy atom. The molecule has 0 atom stereocenters. The summed E-state index contributed by atoms with van der Waals surface area (Å²) in [7, 11) is 0. The highest BCUT2D eigenvalue weighted by atomic mass is 16.4. The maximum atomic E-state index is 11.5. The molecule has 160 valence electrons. The number of pyridine rings is 2. The molecule has 0 saturated carbocycles. The molecule has 2 aromatic rings. The van der Waals surface area contributed by atoms with Gasteiger partial charge in [-0.3, -0.25) is 10.4 Å². The fourth-order valence-electron chi connectivity index (χ4n) is 3.36. The van der Waals surface area contributed by atoms with Gasteiger partial charge in [-0.15, -0.1) is 0 Å². The van der Waals surface area contributed by atoms with Crippen molar-refractivity contribution in [3.8, 4) is 0 Å². The van der Waals surface area contributed by atoms with Crippen molar-refractivity contribution >= 4 is 17.5 Å². The minimum atomic E-state index is -1.13. The smallest absolute Gasteiger partial charge is 0.354 e. The first-order valence-electron chi connectivity index (χ1n) is 10.2. The van der Waals surface area contributed by atoms with Gasteiger partial charge in [0.1, 0.15) is 5.82 Å². The summed E-state index contributed by atoms with van der Waals surface area (Å²) in [6.07, 6.45) is 5.80. The highest BCUT2D eigenvalue weighted by Gasteiger charge is 2.28. The van der Waals surface area contributed by atoms with Crippen molar-refractivity contribution in [2.24, 2.45) is 11.1 Å². The number of allylic oxidation sites excluding steroid dienone is 2. The lowest BCUT2D eigenvalue weighted by atomic mass is 9.75. The van der Waals surface area contributed by atoms with Crippen LogP contribution >= 0.6 is 0 Å². The number of nitrogens with zero attached hydrogens (tertiary/aromatic N) is 2. The second kappa shape index (κ2) is 10.0. The van der Waals surface area contributed by atoms with Crippen molar-refractivity contribution in [1.29, 1.82) is 5.41 Å². The number of carbonyl (C=O) groups is 1. The molecule has 7 heteroatoms. The van der Waals surface area contributed by atoms with Crippen LogP contribution in [0.15, 0.2) is 47.9 Å². The van der Waals surface area contributed by atoms with Crippen molar-refractivity contribution < 1.29 is 9.90 Å². The van der Waals surface area contributed by atoms with E-state index in [1.807, 2.05) is 26.0 Å². The van der Waals surface area contributed by atoms with E-state index in [1.54, 1.807) is 18.5 Å². The van der Waals surface area contributed by atoms with Crippen LogP contribution in [0.3, 0.4) is 0 Å². The van der Waals surface area contributed by atoms with Crippen LogP contribution in [0.4, 0.5) is 5.82 Å². The lowest BCUT2D eigenvalue weighted by Crippen LogP contribution is -2.25. The van der Waals surface area contributed by atoms with Crippen molar-refractivity contribution in [3.05, 3.63) is 64.8 Å². The van der Waals surface area contributed by atoms with Gasteiger partial charge >= 0.3 is 5.97 Å². The number of carboxylic acids is 1. The highest BCUT2D eigenvalue weighted by molar-refractivity contribution is 6.12. The van der Waals surface area contributed by atoms with E-state index in [2.05, 4.69) is 29.1 Å². The predicted octanol–water partition coefficient (Wildman–Crippen LogP) is 4.60. The van der Waals surface area contributed by atoms with E-state index < -0.39 is 5.97 Å². The van der Waals surface area contributed by atoms with E-state index in [0.29, 0.717) is 30.0 Å². The maximum absolute atomic E-state index is 11.5. The quantitative estimate of drug-likeness (QED) is 0.517. The van der Waals surface area contributed by atoms with Crippen LogP contribution in [0.5, 0.6) is 0 Å². The average molecular weight is 410 g/mol. The molecule has 30 heavy (non-hydrogen) atoms. The Morgan fingerprint density at radius 2 is 2.07 bits per heavy atom. The molecule has 0 fully saturated rings. The number of rotatable bonds is 6. The Morgan fingerprint density at radius 1 is 1.33 bits per heavy atom. The standard InChI is InChI=1S/C21H25N5O2.C2H6/c1-21(2)6-5-15(16(22)10-21)19(23)14-8-17(20(27)28)26-18(9-14)25-12-13-4-3-7-24-11-13;1-2/h3-4,7-9,11,23H,5-6,10,12,22H2,1-2H3,(H,25,26)(H,27,28);1-2H3. The zero-order valence-electron chi connectivity index (χ0n) is 18.1. The van der Waals surface area contributed by atoms with Crippen LogP contribution < -0.4 is 11.1 Å². The third-order valence-electron chi connectivity index (χ3n) is 4.94. The summed E-state index contributed by atoms with van der Waals surface area (Å²) in [4.78, 5) is 19.7. The molecular formula is C23H31N5O2. The van der Waals surface area contributed by atoms with Gasteiger partial charge in [0.15, 0.2) is 5.69 Å². The monoisotopic (exact) mass is 409 g/mol. The molecule has 0 amide bonds. The van der Waals surface area contributed by atoms with Crippen LogP contribution in [0.2, 0.25) is 0 Å². The molecule has 1 aliphatic rings. The number of hydrogen-bond acceptors (Lipinski definition) is 6. The van der Waals surface area contributed by atoms with E-state index >= 15 is 0 Å². The van der Waals surface area contributed by atoms with Crippen LogP contribution in [0, 0.1) is 10.8 Å². The topological polar surface area (TPSA) is 125 Å². The fraction of sp³-hybridized carbons (Fsp3) is 0.391. The summed E-state index contributed by atoms with van der Waals surface area (Å²) in [5, 5.41) is 21.2. The highest BCUT2D eigenvalue weighted by Crippen LogP contribution is 2.37. The van der Waals surface area contributed by atoms with E-state index in [1.165, 1.54) is 6.07 Å². The van der Waals surface area contributed by atoms with Gasteiger partial charge in [-0.25, -0.2) is 9.78 Å². The molecule has 2 aromatic heterocycles. The number of nitrogens with two attached hydrogens (primary N) is 1. The van der Waals surface area contributed by atoms with Crippen LogP contribution in [0.1, 0.15) is 68.6 Å². The van der Waals surface area contributed by atoms with E-state index in [9.17, 15) is 9.90 Å². The lowest BCUT2D eigenvalue weighted by Gasteiger charge is -2.31. The van der Waals surface area contributed by atoms with Crippen LogP contribution in [-0.2, 0) is 6.54 Å². The fourth-order valence-corrected chi connectivity index (χ4v) is 3.36. The molecule has 0 aliphatic heterocycles. The number of aromatic nitrogens is 2. The van der Waals surface area contributed by atoms with Gasteiger partial charge in [-0.2, -0.15) is 0 Å². The molecule has 0 unspecified atom stereocenters.